The first-order valence-corrected chi connectivity index (χ1v) is 7.44. The number of benzene rings is 2. The molecule has 0 aromatic heterocycles. The Kier molecular flexibility index (Phi) is 5.55. The summed E-state index contributed by atoms with van der Waals surface area (Å²) in [6, 6.07) is 16.6. The highest BCUT2D eigenvalue weighted by Crippen LogP contribution is 2.15. The van der Waals surface area contributed by atoms with Crippen LogP contribution in [0.2, 0.25) is 0 Å². The standard InChI is InChI=1S/C19H22O/c1-2-3-4-7-16-10-12-17(13-11-16)14-18-8-5-6-9-19(18)15-20/h5-6,8-13,15H,2-4,7,14H2,1H3. The van der Waals surface area contributed by atoms with Crippen molar-refractivity contribution in [2.75, 3.05) is 0 Å². The van der Waals surface area contributed by atoms with Gasteiger partial charge >= 0.3 is 0 Å². The van der Waals surface area contributed by atoms with Gasteiger partial charge in [-0.05, 0) is 36.0 Å². The Morgan fingerprint density at radius 2 is 1.60 bits per heavy atom. The maximum atomic E-state index is 11.0. The van der Waals surface area contributed by atoms with Crippen LogP contribution in [0.5, 0.6) is 0 Å². The first kappa shape index (κ1) is 14.5. The average Bonchev–Trinajstić information content (AvgIpc) is 2.50. The van der Waals surface area contributed by atoms with Crippen LogP contribution in [-0.2, 0) is 12.8 Å². The smallest absolute Gasteiger partial charge is 0.150 e. The summed E-state index contributed by atoms with van der Waals surface area (Å²) >= 11 is 0. The Labute approximate surface area is 121 Å². The number of hydrogen-bond acceptors (Lipinski definition) is 1. The maximum absolute atomic E-state index is 11.0. The van der Waals surface area contributed by atoms with Gasteiger partial charge in [-0.25, -0.2) is 0 Å². The molecule has 0 unspecified atom stereocenters. The van der Waals surface area contributed by atoms with E-state index in [-0.39, 0.29) is 0 Å². The van der Waals surface area contributed by atoms with Gasteiger partial charge in [0.05, 0.1) is 0 Å². The van der Waals surface area contributed by atoms with E-state index in [4.69, 9.17) is 0 Å². The third-order valence-electron chi connectivity index (χ3n) is 3.67. The number of rotatable bonds is 7. The molecule has 0 bridgehead atoms. The summed E-state index contributed by atoms with van der Waals surface area (Å²) in [6.07, 6.45) is 6.76. The van der Waals surface area contributed by atoms with Crippen LogP contribution in [0.15, 0.2) is 48.5 Å². The van der Waals surface area contributed by atoms with Gasteiger partial charge in [0.2, 0.25) is 0 Å². The van der Waals surface area contributed by atoms with Crippen LogP contribution in [-0.4, -0.2) is 6.29 Å². The number of carbonyl (C=O) groups is 1. The lowest BCUT2D eigenvalue weighted by atomic mass is 9.98. The number of carbonyl (C=O) groups excluding carboxylic acids is 1. The van der Waals surface area contributed by atoms with E-state index in [9.17, 15) is 4.79 Å². The number of aldehydes is 1. The average molecular weight is 266 g/mol. The highest BCUT2D eigenvalue weighted by atomic mass is 16.1. The largest absolute Gasteiger partial charge is 0.298 e. The summed E-state index contributed by atoms with van der Waals surface area (Å²) in [4.78, 5) is 11.0. The van der Waals surface area contributed by atoms with E-state index in [1.807, 2.05) is 24.3 Å². The van der Waals surface area contributed by atoms with Crippen LogP contribution in [0.4, 0.5) is 0 Å². The molecule has 0 saturated carbocycles. The topological polar surface area (TPSA) is 17.1 Å². The van der Waals surface area contributed by atoms with Crippen LogP contribution < -0.4 is 0 Å². The van der Waals surface area contributed by atoms with Gasteiger partial charge in [-0.1, -0.05) is 68.3 Å². The SMILES string of the molecule is CCCCCc1ccc(Cc2ccccc2C=O)cc1. The highest BCUT2D eigenvalue weighted by molar-refractivity contribution is 5.77. The molecule has 0 spiro atoms. The van der Waals surface area contributed by atoms with Crippen LogP contribution in [0, 0.1) is 0 Å². The summed E-state index contributed by atoms with van der Waals surface area (Å²) < 4.78 is 0. The Morgan fingerprint density at radius 1 is 0.900 bits per heavy atom. The van der Waals surface area contributed by atoms with Crippen LogP contribution in [0.3, 0.4) is 0 Å². The molecule has 2 aromatic carbocycles. The molecular weight excluding hydrogens is 244 g/mol. The molecular formula is C19H22O. The molecule has 0 aliphatic heterocycles. The molecule has 2 rings (SSSR count). The van der Waals surface area contributed by atoms with E-state index in [2.05, 4.69) is 31.2 Å². The first-order valence-electron chi connectivity index (χ1n) is 7.44. The minimum Gasteiger partial charge on any atom is -0.298 e. The molecule has 0 N–H and O–H groups in total. The second-order valence-corrected chi connectivity index (χ2v) is 5.27. The monoisotopic (exact) mass is 266 g/mol. The molecule has 20 heavy (non-hydrogen) atoms. The molecule has 1 heteroatoms. The Hall–Kier alpha value is -1.89. The molecule has 0 atom stereocenters. The van der Waals surface area contributed by atoms with E-state index in [1.54, 1.807) is 0 Å². The van der Waals surface area contributed by atoms with Crippen molar-refractivity contribution in [1.29, 1.82) is 0 Å². The predicted molar refractivity (Wildman–Crippen MR) is 84.3 cm³/mol. The zero-order valence-corrected chi connectivity index (χ0v) is 12.1. The normalized spacial score (nSPS) is 10.4. The van der Waals surface area contributed by atoms with Gasteiger partial charge in [0.25, 0.3) is 0 Å². The summed E-state index contributed by atoms with van der Waals surface area (Å²) in [5.41, 5.74) is 4.56. The fourth-order valence-corrected chi connectivity index (χ4v) is 2.43. The van der Waals surface area contributed by atoms with Crippen molar-refractivity contribution >= 4 is 6.29 Å². The fourth-order valence-electron chi connectivity index (χ4n) is 2.43. The van der Waals surface area contributed by atoms with Crippen LogP contribution in [0.1, 0.15) is 53.2 Å². The summed E-state index contributed by atoms with van der Waals surface area (Å²) in [5, 5.41) is 0. The summed E-state index contributed by atoms with van der Waals surface area (Å²) in [5.74, 6) is 0. The molecule has 104 valence electrons. The maximum Gasteiger partial charge on any atom is 0.150 e. The van der Waals surface area contributed by atoms with Crippen molar-refractivity contribution < 1.29 is 4.79 Å². The van der Waals surface area contributed by atoms with Crippen molar-refractivity contribution in [3.8, 4) is 0 Å². The zero-order chi connectivity index (χ0) is 14.2. The van der Waals surface area contributed by atoms with E-state index in [0.717, 1.165) is 23.8 Å². The summed E-state index contributed by atoms with van der Waals surface area (Å²) in [7, 11) is 0. The Morgan fingerprint density at radius 3 is 2.30 bits per heavy atom. The van der Waals surface area contributed by atoms with E-state index < -0.39 is 0 Å². The van der Waals surface area contributed by atoms with Crippen LogP contribution >= 0.6 is 0 Å². The van der Waals surface area contributed by atoms with E-state index in [1.165, 1.54) is 36.8 Å². The van der Waals surface area contributed by atoms with Crippen LogP contribution in [0.25, 0.3) is 0 Å². The molecule has 0 amide bonds. The van der Waals surface area contributed by atoms with Gasteiger partial charge in [-0.15, -0.1) is 0 Å². The molecule has 0 heterocycles. The minimum absolute atomic E-state index is 0.791. The second kappa shape index (κ2) is 7.64. The quantitative estimate of drug-likeness (QED) is 0.518. The predicted octanol–water partition coefficient (Wildman–Crippen LogP) is 4.82. The lowest BCUT2D eigenvalue weighted by Crippen LogP contribution is -1.94. The third-order valence-corrected chi connectivity index (χ3v) is 3.67. The molecule has 2 aromatic rings. The van der Waals surface area contributed by atoms with Gasteiger partial charge in [-0.3, -0.25) is 4.79 Å². The Bertz CT molecular complexity index is 540. The molecule has 0 radical (unpaired) electrons. The summed E-state index contributed by atoms with van der Waals surface area (Å²) in [6.45, 7) is 2.23. The fraction of sp³-hybridized carbons (Fsp3) is 0.316. The molecule has 0 aliphatic carbocycles. The van der Waals surface area contributed by atoms with Gasteiger partial charge in [0.15, 0.2) is 0 Å². The van der Waals surface area contributed by atoms with Gasteiger partial charge in [-0.2, -0.15) is 0 Å². The highest BCUT2D eigenvalue weighted by Gasteiger charge is 2.02. The van der Waals surface area contributed by atoms with E-state index >= 15 is 0 Å². The first-order chi connectivity index (χ1) is 9.83. The molecule has 0 saturated heterocycles. The lowest BCUT2D eigenvalue weighted by molar-refractivity contribution is 0.112. The molecule has 0 fully saturated rings. The third kappa shape index (κ3) is 4.06. The van der Waals surface area contributed by atoms with Gasteiger partial charge in [0.1, 0.15) is 6.29 Å². The lowest BCUT2D eigenvalue weighted by Gasteiger charge is -2.06. The van der Waals surface area contributed by atoms with Crippen molar-refractivity contribution in [3.05, 3.63) is 70.8 Å². The Balaban J connectivity index is 2.01. The molecule has 0 aliphatic rings. The minimum atomic E-state index is 0.791. The zero-order valence-electron chi connectivity index (χ0n) is 12.1. The number of aryl methyl sites for hydroxylation is 1. The van der Waals surface area contributed by atoms with Gasteiger partial charge < -0.3 is 0 Å². The van der Waals surface area contributed by atoms with Gasteiger partial charge in [0, 0.05) is 5.56 Å². The van der Waals surface area contributed by atoms with Crippen molar-refractivity contribution in [2.24, 2.45) is 0 Å². The number of hydrogen-bond donors (Lipinski definition) is 0. The van der Waals surface area contributed by atoms with E-state index in [0.29, 0.717) is 0 Å². The molecule has 1 nitrogen and oxygen atoms in total. The number of unbranched alkanes of at least 4 members (excludes halogenated alkanes) is 2. The van der Waals surface area contributed by atoms with Crippen molar-refractivity contribution in [1.82, 2.24) is 0 Å². The van der Waals surface area contributed by atoms with Crippen molar-refractivity contribution in [2.45, 2.75) is 39.0 Å². The second-order valence-electron chi connectivity index (χ2n) is 5.27. The van der Waals surface area contributed by atoms with Crippen molar-refractivity contribution in [3.63, 3.8) is 0 Å².